The molecule has 1 aromatic heterocycles. The molecule has 0 aliphatic rings. The highest BCUT2D eigenvalue weighted by atomic mass is 16.5. The Morgan fingerprint density at radius 1 is 1.25 bits per heavy atom. The molecular formula is C13H15NO2. The third kappa shape index (κ3) is 2.87. The van der Waals surface area contributed by atoms with Crippen LogP contribution in [0.15, 0.2) is 47.1 Å². The molecule has 2 aromatic rings. The maximum atomic E-state index is 5.69. The number of hydrogen-bond acceptors (Lipinski definition) is 3. The Balaban J connectivity index is 2.03. The number of benzene rings is 1. The normalized spacial score (nSPS) is 12.4. The molecule has 0 saturated heterocycles. The van der Waals surface area contributed by atoms with Crippen LogP contribution in [0.4, 0.5) is 0 Å². The van der Waals surface area contributed by atoms with Crippen molar-refractivity contribution in [1.29, 1.82) is 0 Å². The van der Waals surface area contributed by atoms with Gasteiger partial charge in [-0.25, -0.2) is 0 Å². The fourth-order valence-electron chi connectivity index (χ4n) is 1.46. The van der Waals surface area contributed by atoms with E-state index in [9.17, 15) is 0 Å². The Morgan fingerprint density at radius 3 is 2.69 bits per heavy atom. The lowest BCUT2D eigenvalue weighted by molar-refractivity contribution is 0.455. The molecule has 0 radical (unpaired) electrons. The Kier molecular flexibility index (Phi) is 3.27. The van der Waals surface area contributed by atoms with Crippen molar-refractivity contribution in [2.45, 2.75) is 19.4 Å². The van der Waals surface area contributed by atoms with Crippen LogP contribution in [0.5, 0.6) is 11.5 Å². The van der Waals surface area contributed by atoms with Gasteiger partial charge in [0.25, 0.3) is 0 Å². The molecule has 1 atom stereocenters. The smallest absolute Gasteiger partial charge is 0.165 e. The summed E-state index contributed by atoms with van der Waals surface area (Å²) < 4.78 is 10.9. The third-order valence-corrected chi connectivity index (χ3v) is 2.13. The molecule has 1 aromatic carbocycles. The summed E-state index contributed by atoms with van der Waals surface area (Å²) in [6, 6.07) is 11.6. The summed E-state index contributed by atoms with van der Waals surface area (Å²) in [6.45, 7) is 1.94. The Morgan fingerprint density at radius 2 is 2.00 bits per heavy atom. The molecule has 0 saturated carbocycles. The van der Waals surface area contributed by atoms with Crippen molar-refractivity contribution in [3.05, 3.63) is 48.4 Å². The molecule has 0 amide bonds. The van der Waals surface area contributed by atoms with Gasteiger partial charge < -0.3 is 14.9 Å². The molecule has 84 valence electrons. The predicted molar refractivity (Wildman–Crippen MR) is 62.6 cm³/mol. The van der Waals surface area contributed by atoms with Gasteiger partial charge >= 0.3 is 0 Å². The summed E-state index contributed by atoms with van der Waals surface area (Å²) >= 11 is 0. The molecular weight excluding hydrogens is 202 g/mol. The highest BCUT2D eigenvalue weighted by Gasteiger charge is 2.05. The fourth-order valence-corrected chi connectivity index (χ4v) is 1.46. The summed E-state index contributed by atoms with van der Waals surface area (Å²) in [5.41, 5.74) is 5.69. The Hall–Kier alpha value is -1.74. The number of nitrogens with two attached hydrogens (primary N) is 1. The highest BCUT2D eigenvalue weighted by Crippen LogP contribution is 2.23. The van der Waals surface area contributed by atoms with E-state index in [1.165, 1.54) is 0 Å². The molecule has 2 N–H and O–H groups in total. The molecule has 3 heteroatoms. The molecule has 1 unspecified atom stereocenters. The highest BCUT2D eigenvalue weighted by molar-refractivity contribution is 5.29. The van der Waals surface area contributed by atoms with Gasteiger partial charge in [0, 0.05) is 18.5 Å². The van der Waals surface area contributed by atoms with E-state index in [0.29, 0.717) is 5.75 Å². The monoisotopic (exact) mass is 217 g/mol. The zero-order valence-corrected chi connectivity index (χ0v) is 9.22. The molecule has 0 spiro atoms. The van der Waals surface area contributed by atoms with E-state index in [1.54, 1.807) is 6.26 Å². The second-order valence-corrected chi connectivity index (χ2v) is 3.85. The molecule has 0 fully saturated rings. The summed E-state index contributed by atoms with van der Waals surface area (Å²) in [5.74, 6) is 2.36. The van der Waals surface area contributed by atoms with Crippen molar-refractivity contribution in [2.24, 2.45) is 5.73 Å². The fraction of sp³-hybridized carbons (Fsp3) is 0.231. The molecule has 0 bridgehead atoms. The third-order valence-electron chi connectivity index (χ3n) is 2.13. The minimum absolute atomic E-state index is 0.0933. The first-order valence-corrected chi connectivity index (χ1v) is 5.30. The van der Waals surface area contributed by atoms with Crippen molar-refractivity contribution >= 4 is 0 Å². The maximum absolute atomic E-state index is 5.69. The van der Waals surface area contributed by atoms with Crippen LogP contribution in [0.1, 0.15) is 12.7 Å². The molecule has 3 nitrogen and oxygen atoms in total. The van der Waals surface area contributed by atoms with Crippen LogP contribution < -0.4 is 10.5 Å². The molecule has 0 aliphatic heterocycles. The second-order valence-electron chi connectivity index (χ2n) is 3.85. The van der Waals surface area contributed by atoms with Crippen molar-refractivity contribution in [1.82, 2.24) is 0 Å². The molecule has 2 rings (SSSR count). The zero-order chi connectivity index (χ0) is 11.4. The summed E-state index contributed by atoms with van der Waals surface area (Å²) in [6.07, 6.45) is 2.32. The van der Waals surface area contributed by atoms with Crippen molar-refractivity contribution in [2.75, 3.05) is 0 Å². The predicted octanol–water partition coefficient (Wildman–Crippen LogP) is 2.96. The largest absolute Gasteiger partial charge is 0.465 e. The Bertz CT molecular complexity index is 434. The van der Waals surface area contributed by atoms with E-state index in [4.69, 9.17) is 14.9 Å². The van der Waals surface area contributed by atoms with Crippen LogP contribution in [-0.4, -0.2) is 6.04 Å². The van der Waals surface area contributed by atoms with E-state index < -0.39 is 0 Å². The SMILES string of the molecule is CC(N)Cc1cc(Oc2ccccc2)co1. The Labute approximate surface area is 94.8 Å². The van der Waals surface area contributed by atoms with E-state index in [2.05, 4.69) is 0 Å². The van der Waals surface area contributed by atoms with Crippen LogP contribution in [0.3, 0.4) is 0 Å². The van der Waals surface area contributed by atoms with Gasteiger partial charge in [-0.05, 0) is 19.1 Å². The van der Waals surface area contributed by atoms with Gasteiger partial charge in [-0.15, -0.1) is 0 Å². The lowest BCUT2D eigenvalue weighted by Crippen LogP contribution is -2.17. The average molecular weight is 217 g/mol. The minimum Gasteiger partial charge on any atom is -0.465 e. The first kappa shape index (κ1) is 10.8. The van der Waals surface area contributed by atoms with Crippen molar-refractivity contribution in [3.8, 4) is 11.5 Å². The number of para-hydroxylation sites is 1. The van der Waals surface area contributed by atoms with Crippen LogP contribution in [0.2, 0.25) is 0 Å². The average Bonchev–Trinajstić information content (AvgIpc) is 2.66. The van der Waals surface area contributed by atoms with Crippen LogP contribution in [-0.2, 0) is 6.42 Å². The summed E-state index contributed by atoms with van der Waals surface area (Å²) in [7, 11) is 0. The maximum Gasteiger partial charge on any atom is 0.165 e. The number of ether oxygens (including phenoxy) is 1. The van der Waals surface area contributed by atoms with Gasteiger partial charge in [-0.1, -0.05) is 18.2 Å². The topological polar surface area (TPSA) is 48.4 Å². The van der Waals surface area contributed by atoms with Gasteiger partial charge in [0.15, 0.2) is 5.75 Å². The number of rotatable bonds is 4. The van der Waals surface area contributed by atoms with Crippen LogP contribution in [0, 0.1) is 0 Å². The molecule has 1 heterocycles. The van der Waals surface area contributed by atoms with Crippen LogP contribution >= 0.6 is 0 Å². The molecule has 16 heavy (non-hydrogen) atoms. The van der Waals surface area contributed by atoms with E-state index >= 15 is 0 Å². The summed E-state index contributed by atoms with van der Waals surface area (Å²) in [4.78, 5) is 0. The van der Waals surface area contributed by atoms with E-state index in [0.717, 1.165) is 17.9 Å². The van der Waals surface area contributed by atoms with Crippen molar-refractivity contribution < 1.29 is 9.15 Å². The van der Waals surface area contributed by atoms with Gasteiger partial charge in [0.2, 0.25) is 0 Å². The van der Waals surface area contributed by atoms with E-state index in [-0.39, 0.29) is 6.04 Å². The zero-order valence-electron chi connectivity index (χ0n) is 9.22. The van der Waals surface area contributed by atoms with Gasteiger partial charge in [-0.3, -0.25) is 0 Å². The first-order chi connectivity index (χ1) is 7.74. The van der Waals surface area contributed by atoms with E-state index in [1.807, 2.05) is 43.3 Å². The molecule has 0 aliphatic carbocycles. The lowest BCUT2D eigenvalue weighted by atomic mass is 10.2. The van der Waals surface area contributed by atoms with Gasteiger partial charge in [0.1, 0.15) is 17.8 Å². The lowest BCUT2D eigenvalue weighted by Gasteiger charge is -2.01. The number of furan rings is 1. The number of hydrogen-bond donors (Lipinski definition) is 1. The van der Waals surface area contributed by atoms with Crippen molar-refractivity contribution in [3.63, 3.8) is 0 Å². The summed E-state index contributed by atoms with van der Waals surface area (Å²) in [5, 5.41) is 0. The van der Waals surface area contributed by atoms with Gasteiger partial charge in [0.05, 0.1) is 0 Å². The minimum atomic E-state index is 0.0933. The van der Waals surface area contributed by atoms with Crippen LogP contribution in [0.25, 0.3) is 0 Å². The second kappa shape index (κ2) is 4.86. The standard InChI is InChI=1S/C13H15NO2/c1-10(14)7-12-8-13(9-15-12)16-11-5-3-2-4-6-11/h2-6,8-10H,7,14H2,1H3. The van der Waals surface area contributed by atoms with Gasteiger partial charge in [-0.2, -0.15) is 0 Å². The quantitative estimate of drug-likeness (QED) is 0.856. The first-order valence-electron chi connectivity index (χ1n) is 5.30.